The Bertz CT molecular complexity index is 127. The maximum Gasteiger partial charge on any atom is 0.243 e. The first-order valence-corrected chi connectivity index (χ1v) is 3.09. The number of carbonyl (C=O) groups excluding carboxylic acids is 1. The second-order valence-corrected chi connectivity index (χ2v) is 2.34. The summed E-state index contributed by atoms with van der Waals surface area (Å²) in [5, 5.41) is 0. The zero-order valence-electron chi connectivity index (χ0n) is 5.30. The molecule has 0 saturated carbocycles. The molecule has 4 heteroatoms. The van der Waals surface area contributed by atoms with Gasteiger partial charge in [0.25, 0.3) is 0 Å². The van der Waals surface area contributed by atoms with Crippen molar-refractivity contribution in [3.05, 3.63) is 0 Å². The predicted molar refractivity (Wildman–Crippen MR) is 29.9 cm³/mol. The van der Waals surface area contributed by atoms with Gasteiger partial charge < -0.3 is 9.53 Å². The Labute approximate surface area is 57.2 Å². The van der Waals surface area contributed by atoms with Crippen molar-refractivity contribution in [3.8, 4) is 0 Å². The molecule has 0 radical (unpaired) electrons. The van der Waals surface area contributed by atoms with Gasteiger partial charge in [-0.15, -0.1) is 0 Å². The number of aldehydes is 1. The van der Waals surface area contributed by atoms with Crippen molar-refractivity contribution in [1.29, 1.82) is 0 Å². The molecule has 0 aromatic heterocycles. The first-order valence-electron chi connectivity index (χ1n) is 3.09. The first-order chi connectivity index (χ1) is 4.74. The zero-order chi connectivity index (χ0) is 7.56. The Morgan fingerprint density at radius 1 is 1.60 bits per heavy atom. The van der Waals surface area contributed by atoms with Crippen LogP contribution in [0.3, 0.4) is 0 Å². The molecule has 0 bridgehead atoms. The largest absolute Gasteiger partial charge is 0.370 e. The van der Waals surface area contributed by atoms with Crippen LogP contribution in [0.4, 0.5) is 8.78 Å². The molecule has 1 fully saturated rings. The first kappa shape index (κ1) is 7.60. The van der Waals surface area contributed by atoms with Crippen LogP contribution in [0, 0.1) is 5.92 Å². The minimum absolute atomic E-state index is 0.0150. The highest BCUT2D eigenvalue weighted by atomic mass is 19.3. The molecular formula is C6H8F2O2. The summed E-state index contributed by atoms with van der Waals surface area (Å²) in [5.74, 6) is -0.741. The smallest absolute Gasteiger partial charge is 0.243 e. The minimum Gasteiger partial charge on any atom is -0.370 e. The van der Waals surface area contributed by atoms with E-state index in [0.717, 1.165) is 0 Å². The number of hydrogen-bond donors (Lipinski definition) is 0. The van der Waals surface area contributed by atoms with Crippen LogP contribution in [-0.2, 0) is 9.53 Å². The van der Waals surface area contributed by atoms with E-state index in [1.54, 1.807) is 0 Å². The van der Waals surface area contributed by atoms with Gasteiger partial charge in [-0.05, 0) is 6.42 Å². The quantitative estimate of drug-likeness (QED) is 0.545. The predicted octanol–water partition coefficient (Wildman–Crippen LogP) is 0.855. The fourth-order valence-electron chi connectivity index (χ4n) is 0.952. The van der Waals surface area contributed by atoms with Gasteiger partial charge in [-0.2, -0.15) is 0 Å². The Morgan fingerprint density at radius 3 is 2.60 bits per heavy atom. The number of carbonyl (C=O) groups is 1. The summed E-state index contributed by atoms with van der Waals surface area (Å²) in [6.45, 7) is 0.0150. The summed E-state index contributed by atoms with van der Waals surface area (Å²) in [6.07, 6.45) is -2.22. The summed E-state index contributed by atoms with van der Waals surface area (Å²) in [6, 6.07) is 0. The summed E-state index contributed by atoms with van der Waals surface area (Å²) >= 11 is 0. The van der Waals surface area contributed by atoms with Gasteiger partial charge >= 0.3 is 0 Å². The summed E-state index contributed by atoms with van der Waals surface area (Å²) in [7, 11) is 0. The van der Waals surface area contributed by atoms with Crippen molar-refractivity contribution in [2.45, 2.75) is 19.0 Å². The van der Waals surface area contributed by atoms with Crippen molar-refractivity contribution in [3.63, 3.8) is 0 Å². The molecule has 2 unspecified atom stereocenters. The van der Waals surface area contributed by atoms with Gasteiger partial charge in [0.15, 0.2) is 0 Å². The summed E-state index contributed by atoms with van der Waals surface area (Å²) in [5.41, 5.74) is 0. The van der Waals surface area contributed by atoms with Gasteiger partial charge in [0.1, 0.15) is 12.4 Å². The Balaban J connectivity index is 2.35. The van der Waals surface area contributed by atoms with Crippen LogP contribution in [0.1, 0.15) is 6.42 Å². The van der Waals surface area contributed by atoms with E-state index in [9.17, 15) is 13.6 Å². The lowest BCUT2D eigenvalue weighted by molar-refractivity contribution is -0.115. The fraction of sp³-hybridized carbons (Fsp3) is 0.833. The third-order valence-electron chi connectivity index (χ3n) is 1.57. The molecule has 0 spiro atoms. The van der Waals surface area contributed by atoms with Crippen LogP contribution in [-0.4, -0.2) is 25.4 Å². The second-order valence-electron chi connectivity index (χ2n) is 2.34. The fourth-order valence-corrected chi connectivity index (χ4v) is 0.952. The van der Waals surface area contributed by atoms with Crippen molar-refractivity contribution in [2.75, 3.05) is 6.61 Å². The number of halogens is 2. The van der Waals surface area contributed by atoms with Gasteiger partial charge in [-0.25, -0.2) is 8.78 Å². The molecule has 10 heavy (non-hydrogen) atoms. The van der Waals surface area contributed by atoms with E-state index >= 15 is 0 Å². The van der Waals surface area contributed by atoms with Crippen molar-refractivity contribution >= 4 is 6.29 Å². The Hall–Kier alpha value is -0.510. The molecule has 0 aromatic carbocycles. The van der Waals surface area contributed by atoms with E-state index in [-0.39, 0.29) is 13.0 Å². The summed E-state index contributed by atoms with van der Waals surface area (Å²) in [4.78, 5) is 10.0. The number of rotatable bonds is 2. The third kappa shape index (κ3) is 1.50. The molecule has 0 N–H and O–H groups in total. The molecule has 1 aliphatic rings. The van der Waals surface area contributed by atoms with Crippen LogP contribution < -0.4 is 0 Å². The van der Waals surface area contributed by atoms with Gasteiger partial charge in [-0.3, -0.25) is 0 Å². The lowest BCUT2D eigenvalue weighted by atomic mass is 10.1. The standard InChI is InChI=1S/C6H8F2O2/c7-6(8)4-1-5(2-9)10-3-4/h2,4-6H,1,3H2. The van der Waals surface area contributed by atoms with Crippen molar-refractivity contribution in [2.24, 2.45) is 5.92 Å². The van der Waals surface area contributed by atoms with Crippen molar-refractivity contribution in [1.82, 2.24) is 0 Å². The maximum absolute atomic E-state index is 11.9. The molecule has 0 aliphatic carbocycles. The zero-order valence-corrected chi connectivity index (χ0v) is 5.30. The molecule has 1 rings (SSSR count). The molecular weight excluding hydrogens is 142 g/mol. The van der Waals surface area contributed by atoms with E-state index in [0.29, 0.717) is 6.29 Å². The van der Waals surface area contributed by atoms with E-state index < -0.39 is 18.4 Å². The molecule has 1 heterocycles. The molecule has 0 amide bonds. The molecule has 2 atom stereocenters. The van der Waals surface area contributed by atoms with E-state index in [1.165, 1.54) is 0 Å². The summed E-state index contributed by atoms with van der Waals surface area (Å²) < 4.78 is 28.4. The van der Waals surface area contributed by atoms with Gasteiger partial charge in [-0.1, -0.05) is 0 Å². The molecule has 0 aromatic rings. The average Bonchev–Trinajstić information content (AvgIpc) is 2.34. The SMILES string of the molecule is O=CC1CC(C(F)F)CO1. The highest BCUT2D eigenvalue weighted by Crippen LogP contribution is 2.23. The van der Waals surface area contributed by atoms with E-state index in [1.807, 2.05) is 0 Å². The maximum atomic E-state index is 11.9. The topological polar surface area (TPSA) is 26.3 Å². The highest BCUT2D eigenvalue weighted by Gasteiger charge is 2.31. The average molecular weight is 150 g/mol. The van der Waals surface area contributed by atoms with Crippen LogP contribution >= 0.6 is 0 Å². The lowest BCUT2D eigenvalue weighted by Crippen LogP contribution is -2.11. The number of hydrogen-bond acceptors (Lipinski definition) is 2. The van der Waals surface area contributed by atoms with Gasteiger partial charge in [0.05, 0.1) is 6.61 Å². The van der Waals surface area contributed by atoms with Gasteiger partial charge in [0.2, 0.25) is 6.43 Å². The molecule has 1 aliphatic heterocycles. The molecule has 1 saturated heterocycles. The monoisotopic (exact) mass is 150 g/mol. The minimum atomic E-state index is -2.36. The molecule has 58 valence electrons. The van der Waals surface area contributed by atoms with Crippen molar-refractivity contribution < 1.29 is 18.3 Å². The normalized spacial score (nSPS) is 33.1. The third-order valence-corrected chi connectivity index (χ3v) is 1.57. The van der Waals surface area contributed by atoms with Gasteiger partial charge in [0, 0.05) is 5.92 Å². The Kier molecular flexibility index (Phi) is 2.32. The van der Waals surface area contributed by atoms with Crippen LogP contribution in [0.15, 0.2) is 0 Å². The van der Waals surface area contributed by atoms with Crippen LogP contribution in [0.2, 0.25) is 0 Å². The lowest BCUT2D eigenvalue weighted by Gasteiger charge is -2.02. The number of ether oxygens (including phenoxy) is 1. The van der Waals surface area contributed by atoms with Crippen LogP contribution in [0.25, 0.3) is 0 Å². The Morgan fingerprint density at radius 2 is 2.30 bits per heavy atom. The van der Waals surface area contributed by atoms with E-state index in [2.05, 4.69) is 0 Å². The second kappa shape index (κ2) is 3.05. The van der Waals surface area contributed by atoms with E-state index in [4.69, 9.17) is 4.74 Å². The molecule has 2 nitrogen and oxygen atoms in total. The number of alkyl halides is 2. The van der Waals surface area contributed by atoms with Crippen LogP contribution in [0.5, 0.6) is 0 Å². The highest BCUT2D eigenvalue weighted by molar-refractivity contribution is 5.56.